The summed E-state index contributed by atoms with van der Waals surface area (Å²) in [5.41, 5.74) is 2.77. The summed E-state index contributed by atoms with van der Waals surface area (Å²) in [6.45, 7) is 11.6. The van der Waals surface area contributed by atoms with Gasteiger partial charge in [0, 0.05) is 6.54 Å². The smallest absolute Gasteiger partial charge is 0.233 e. The van der Waals surface area contributed by atoms with Crippen LogP contribution in [-0.2, 0) is 4.79 Å². The molecule has 0 aromatic carbocycles. The van der Waals surface area contributed by atoms with Crippen LogP contribution in [0.25, 0.3) is 0 Å². The molecule has 1 unspecified atom stereocenters. The van der Waals surface area contributed by atoms with E-state index in [1.54, 1.807) is 0 Å². The third-order valence-corrected chi connectivity index (χ3v) is 4.90. The van der Waals surface area contributed by atoms with E-state index < -0.39 is 0 Å². The van der Waals surface area contributed by atoms with E-state index in [-0.39, 0.29) is 17.2 Å². The molecular weight excluding hydrogens is 352 g/mol. The number of thiocarbonyl (C=S) groups is 1. The molecule has 150 valence electrons. The molecule has 1 aliphatic carbocycles. The number of unbranched alkanes of at least 4 members (excludes halogenated alkanes) is 1. The molecule has 27 heavy (non-hydrogen) atoms. The molecule has 4 heteroatoms. The number of rotatable bonds is 8. The van der Waals surface area contributed by atoms with Crippen molar-refractivity contribution < 1.29 is 4.79 Å². The maximum Gasteiger partial charge on any atom is 0.233 e. The first kappa shape index (κ1) is 23.4. The van der Waals surface area contributed by atoms with E-state index in [1.165, 1.54) is 11.1 Å². The predicted molar refractivity (Wildman–Crippen MR) is 121 cm³/mol. The number of hydrogen-bond donors (Lipinski definition) is 2. The highest BCUT2D eigenvalue weighted by atomic mass is 32.1. The second-order valence-corrected chi connectivity index (χ2v) is 8.40. The van der Waals surface area contributed by atoms with Gasteiger partial charge in [-0.15, -0.1) is 0 Å². The Hall–Kier alpha value is -1.68. The van der Waals surface area contributed by atoms with Crippen molar-refractivity contribution in [3.8, 4) is 0 Å². The number of amides is 1. The Morgan fingerprint density at radius 3 is 2.63 bits per heavy atom. The lowest BCUT2D eigenvalue weighted by atomic mass is 9.81. The summed E-state index contributed by atoms with van der Waals surface area (Å²) in [5.74, 6) is -0.174. The third kappa shape index (κ3) is 9.18. The summed E-state index contributed by atoms with van der Waals surface area (Å²) in [7, 11) is 0. The molecule has 2 N–H and O–H groups in total. The van der Waals surface area contributed by atoms with E-state index in [4.69, 9.17) is 12.2 Å². The highest BCUT2D eigenvalue weighted by Gasteiger charge is 2.22. The summed E-state index contributed by atoms with van der Waals surface area (Å²) < 4.78 is 0. The first-order valence-corrected chi connectivity index (χ1v) is 10.5. The average molecular weight is 389 g/mol. The van der Waals surface area contributed by atoms with Crippen molar-refractivity contribution in [3.05, 3.63) is 47.6 Å². The van der Waals surface area contributed by atoms with Crippen LogP contribution < -0.4 is 10.6 Å². The van der Waals surface area contributed by atoms with Crippen molar-refractivity contribution in [2.45, 2.75) is 66.7 Å². The van der Waals surface area contributed by atoms with Gasteiger partial charge in [0.25, 0.3) is 0 Å². The number of carbonyl (C=O) groups is 1. The van der Waals surface area contributed by atoms with Crippen LogP contribution in [0.3, 0.4) is 0 Å². The molecular formula is C23H36N2OS. The molecule has 0 aliphatic heterocycles. The molecule has 0 bridgehead atoms. The van der Waals surface area contributed by atoms with Gasteiger partial charge in [-0.05, 0) is 62.2 Å². The van der Waals surface area contributed by atoms with Crippen LogP contribution in [0.1, 0.15) is 66.7 Å². The van der Waals surface area contributed by atoms with Gasteiger partial charge in [0.2, 0.25) is 5.91 Å². The van der Waals surface area contributed by atoms with Crippen LogP contribution >= 0.6 is 12.2 Å². The van der Waals surface area contributed by atoms with Gasteiger partial charge in [-0.25, -0.2) is 0 Å². The highest BCUT2D eigenvalue weighted by Crippen LogP contribution is 2.30. The van der Waals surface area contributed by atoms with E-state index in [9.17, 15) is 4.79 Å². The Morgan fingerprint density at radius 2 is 2.07 bits per heavy atom. The van der Waals surface area contributed by atoms with Gasteiger partial charge in [0.1, 0.15) is 0 Å². The van der Waals surface area contributed by atoms with Crippen molar-refractivity contribution in [3.63, 3.8) is 0 Å². The fourth-order valence-electron chi connectivity index (χ4n) is 2.87. The summed E-state index contributed by atoms with van der Waals surface area (Å²) in [6.07, 6.45) is 17.8. The van der Waals surface area contributed by atoms with Crippen LogP contribution in [0.2, 0.25) is 0 Å². The number of nitrogens with one attached hydrogen (secondary N) is 2. The largest absolute Gasteiger partial charge is 0.362 e. The lowest BCUT2D eigenvalue weighted by molar-refractivity contribution is -0.122. The molecule has 0 heterocycles. The highest BCUT2D eigenvalue weighted by molar-refractivity contribution is 7.80. The monoisotopic (exact) mass is 388 g/mol. The minimum absolute atomic E-state index is 0.0335. The van der Waals surface area contributed by atoms with Gasteiger partial charge in [-0.1, -0.05) is 69.7 Å². The van der Waals surface area contributed by atoms with Gasteiger partial charge in [0.15, 0.2) is 5.11 Å². The molecule has 0 fully saturated rings. The van der Waals surface area contributed by atoms with Crippen LogP contribution in [0.5, 0.6) is 0 Å². The zero-order valence-electron chi connectivity index (χ0n) is 17.6. The van der Waals surface area contributed by atoms with Gasteiger partial charge < -0.3 is 10.6 Å². The number of hydrogen-bond acceptors (Lipinski definition) is 2. The van der Waals surface area contributed by atoms with Gasteiger partial charge in [-0.3, -0.25) is 4.79 Å². The molecule has 0 aromatic rings. The Bertz CT molecular complexity index is 621. The Balaban J connectivity index is 2.26. The first-order chi connectivity index (χ1) is 12.8. The van der Waals surface area contributed by atoms with Crippen molar-refractivity contribution >= 4 is 23.2 Å². The van der Waals surface area contributed by atoms with Gasteiger partial charge in [0.05, 0.1) is 5.92 Å². The molecule has 1 amide bonds. The van der Waals surface area contributed by atoms with Gasteiger partial charge in [-0.2, -0.15) is 0 Å². The second kappa shape index (κ2) is 11.9. The molecule has 0 spiro atoms. The molecule has 0 aromatic heterocycles. The van der Waals surface area contributed by atoms with Crippen molar-refractivity contribution in [1.29, 1.82) is 0 Å². The second-order valence-electron chi connectivity index (χ2n) is 7.99. The minimum atomic E-state index is -0.140. The summed E-state index contributed by atoms with van der Waals surface area (Å²) in [6, 6.07) is 0. The van der Waals surface area contributed by atoms with E-state index >= 15 is 0 Å². The Labute approximate surface area is 171 Å². The predicted octanol–water partition coefficient (Wildman–Crippen LogP) is 5.61. The zero-order chi connectivity index (χ0) is 20.3. The standard InChI is InChI=1S/C23H36N2OS/c1-6-8-11-18(7-2)12-9-10-17-24-22(27)25-21(26)19-13-15-20(16-14-19)23(3,4)5/h7-8,11,13,15-16,19H,6,9-10,12,14,17H2,1-5H3,(H2,24,25,26,27)/b11-8-,18-7+. The Morgan fingerprint density at radius 1 is 1.33 bits per heavy atom. The minimum Gasteiger partial charge on any atom is -0.362 e. The van der Waals surface area contributed by atoms with Crippen molar-refractivity contribution in [1.82, 2.24) is 10.6 Å². The van der Waals surface area contributed by atoms with Crippen LogP contribution in [0, 0.1) is 11.3 Å². The average Bonchev–Trinajstić information content (AvgIpc) is 2.63. The maximum absolute atomic E-state index is 12.3. The van der Waals surface area contributed by atoms with E-state index in [2.05, 4.69) is 75.6 Å². The number of allylic oxidation sites excluding steroid dienone is 7. The van der Waals surface area contributed by atoms with Crippen molar-refractivity contribution in [2.24, 2.45) is 11.3 Å². The van der Waals surface area contributed by atoms with Crippen LogP contribution in [0.15, 0.2) is 47.6 Å². The summed E-state index contributed by atoms with van der Waals surface area (Å²) in [4.78, 5) is 12.3. The quantitative estimate of drug-likeness (QED) is 0.323. The lowest BCUT2D eigenvalue weighted by Crippen LogP contribution is -2.42. The normalized spacial score (nSPS) is 17.7. The van der Waals surface area contributed by atoms with Gasteiger partial charge >= 0.3 is 0 Å². The fourth-order valence-corrected chi connectivity index (χ4v) is 3.07. The Kier molecular flexibility index (Phi) is 10.3. The summed E-state index contributed by atoms with van der Waals surface area (Å²) >= 11 is 5.26. The van der Waals surface area contributed by atoms with Crippen molar-refractivity contribution in [2.75, 3.05) is 6.54 Å². The maximum atomic E-state index is 12.3. The number of carbonyl (C=O) groups excluding carboxylic acids is 1. The first-order valence-electron chi connectivity index (χ1n) is 10.1. The van der Waals surface area contributed by atoms with Crippen LogP contribution in [0.4, 0.5) is 0 Å². The molecule has 0 saturated heterocycles. The molecule has 0 saturated carbocycles. The molecule has 3 nitrogen and oxygen atoms in total. The SMILES string of the molecule is C/C=C(\C=C/CC)CCCCNC(=S)NC(=O)C1C=CC(C(C)(C)C)=CC1. The fraction of sp³-hybridized carbons (Fsp3) is 0.565. The van der Waals surface area contributed by atoms with E-state index in [0.29, 0.717) is 5.11 Å². The third-order valence-electron chi connectivity index (χ3n) is 4.66. The van der Waals surface area contributed by atoms with E-state index in [1.807, 2.05) is 6.08 Å². The van der Waals surface area contributed by atoms with E-state index in [0.717, 1.165) is 38.6 Å². The molecule has 0 radical (unpaired) electrons. The molecule has 1 aliphatic rings. The molecule has 1 atom stereocenters. The lowest BCUT2D eigenvalue weighted by Gasteiger charge is -2.24. The van der Waals surface area contributed by atoms with Crippen LogP contribution in [-0.4, -0.2) is 17.6 Å². The topological polar surface area (TPSA) is 41.1 Å². The zero-order valence-corrected chi connectivity index (χ0v) is 18.4. The summed E-state index contributed by atoms with van der Waals surface area (Å²) in [5, 5.41) is 6.39. The molecule has 1 rings (SSSR count).